The van der Waals surface area contributed by atoms with Crippen LogP contribution >= 0.6 is 11.6 Å². The van der Waals surface area contributed by atoms with E-state index in [9.17, 15) is 13.2 Å². The molecule has 2 aromatic heterocycles. The number of pyridine rings is 1. The Labute approximate surface area is 167 Å². The number of hydrogen-bond acceptors (Lipinski definition) is 6. The molecular weight excluding hydrogens is 413 g/mol. The number of alkyl halides is 2. The number of rotatable bonds is 8. The van der Waals surface area contributed by atoms with Crippen molar-refractivity contribution in [2.75, 3.05) is 18.5 Å². The summed E-state index contributed by atoms with van der Waals surface area (Å²) >= 11 is 5.92. The van der Waals surface area contributed by atoms with Crippen molar-refractivity contribution in [3.8, 4) is 5.69 Å². The fourth-order valence-electron chi connectivity index (χ4n) is 2.70. The van der Waals surface area contributed by atoms with Crippen molar-refractivity contribution in [2.24, 2.45) is 10.9 Å². The number of aromatic nitrogens is 3. The van der Waals surface area contributed by atoms with Crippen molar-refractivity contribution in [1.29, 1.82) is 0 Å². The van der Waals surface area contributed by atoms with E-state index in [4.69, 9.17) is 22.5 Å². The van der Waals surface area contributed by atoms with E-state index in [0.29, 0.717) is 16.8 Å². The molecule has 0 saturated heterocycles. The largest absolute Gasteiger partial charge is 0.409 e. The molecule has 1 aromatic carbocycles. The minimum atomic E-state index is -2.84. The molecule has 8 nitrogen and oxygen atoms in total. The van der Waals surface area contributed by atoms with Gasteiger partial charge in [0.25, 0.3) is 0 Å². The molecule has 0 spiro atoms. The van der Waals surface area contributed by atoms with Crippen molar-refractivity contribution < 1.29 is 23.1 Å². The third-order valence-corrected chi connectivity index (χ3v) is 4.23. The Morgan fingerprint density at radius 2 is 2.17 bits per heavy atom. The van der Waals surface area contributed by atoms with Crippen LogP contribution in [0.3, 0.4) is 0 Å². The van der Waals surface area contributed by atoms with Gasteiger partial charge in [-0.2, -0.15) is 13.8 Å². The average molecular weight is 429 g/mol. The number of hydrogen-bond donors (Lipinski definition) is 3. The quantitative estimate of drug-likeness (QED) is 0.167. The predicted molar refractivity (Wildman–Crippen MR) is 101 cm³/mol. The number of ether oxygens (including phenoxy) is 1. The number of benzene rings is 1. The van der Waals surface area contributed by atoms with E-state index >= 15 is 0 Å². The second-order valence-electron chi connectivity index (χ2n) is 5.80. The SMILES string of the molecule is NC(=NO)c1ccnc2nc(NCCCOC(F)F)n(-c3ccc(F)c(Cl)c3)c12. The third-order valence-electron chi connectivity index (χ3n) is 3.95. The number of amidine groups is 1. The Kier molecular flexibility index (Phi) is 6.39. The van der Waals surface area contributed by atoms with E-state index in [-0.39, 0.29) is 42.0 Å². The van der Waals surface area contributed by atoms with Crippen LogP contribution < -0.4 is 11.1 Å². The van der Waals surface area contributed by atoms with Gasteiger partial charge >= 0.3 is 6.61 Å². The van der Waals surface area contributed by atoms with Crippen molar-refractivity contribution >= 4 is 34.5 Å². The maximum Gasteiger partial charge on any atom is 0.345 e. The number of nitrogens with two attached hydrogens (primary N) is 1. The van der Waals surface area contributed by atoms with Crippen LogP contribution in [-0.4, -0.2) is 45.3 Å². The molecule has 29 heavy (non-hydrogen) atoms. The summed E-state index contributed by atoms with van der Waals surface area (Å²) < 4.78 is 43.6. The number of imidazole rings is 1. The van der Waals surface area contributed by atoms with Crippen LogP contribution in [0.1, 0.15) is 12.0 Å². The zero-order chi connectivity index (χ0) is 21.0. The van der Waals surface area contributed by atoms with Gasteiger partial charge in [-0.15, -0.1) is 0 Å². The summed E-state index contributed by atoms with van der Waals surface area (Å²) in [5, 5.41) is 15.0. The number of nitrogens with one attached hydrogen (secondary N) is 1. The number of fused-ring (bicyclic) bond motifs is 1. The van der Waals surface area contributed by atoms with Gasteiger partial charge in [0.15, 0.2) is 11.5 Å². The molecule has 154 valence electrons. The molecule has 0 aliphatic rings. The molecule has 4 N–H and O–H groups in total. The summed E-state index contributed by atoms with van der Waals surface area (Å²) in [6.45, 7) is -2.74. The highest BCUT2D eigenvalue weighted by Crippen LogP contribution is 2.28. The lowest BCUT2D eigenvalue weighted by atomic mass is 10.2. The van der Waals surface area contributed by atoms with Crippen LogP contribution in [0.25, 0.3) is 16.9 Å². The van der Waals surface area contributed by atoms with Gasteiger partial charge in [-0.05, 0) is 30.7 Å². The molecule has 12 heteroatoms. The summed E-state index contributed by atoms with van der Waals surface area (Å²) in [6, 6.07) is 5.56. The van der Waals surface area contributed by atoms with Crippen molar-refractivity contribution in [2.45, 2.75) is 13.0 Å². The van der Waals surface area contributed by atoms with Gasteiger partial charge in [0, 0.05) is 18.3 Å². The van der Waals surface area contributed by atoms with Gasteiger partial charge in [-0.1, -0.05) is 16.8 Å². The Morgan fingerprint density at radius 3 is 2.86 bits per heavy atom. The predicted octanol–water partition coefficient (Wildman–Crippen LogP) is 3.35. The number of anilines is 1. The zero-order valence-corrected chi connectivity index (χ0v) is 15.6. The number of nitrogens with zero attached hydrogens (tertiary/aromatic N) is 4. The maximum atomic E-state index is 13.6. The number of halogens is 4. The molecule has 0 saturated carbocycles. The third kappa shape index (κ3) is 4.51. The zero-order valence-electron chi connectivity index (χ0n) is 14.8. The highest BCUT2D eigenvalue weighted by Gasteiger charge is 2.19. The summed E-state index contributed by atoms with van der Waals surface area (Å²) in [7, 11) is 0. The minimum Gasteiger partial charge on any atom is -0.409 e. The fourth-order valence-corrected chi connectivity index (χ4v) is 2.88. The first-order chi connectivity index (χ1) is 13.9. The van der Waals surface area contributed by atoms with Gasteiger partial charge in [-0.25, -0.2) is 9.37 Å². The first-order valence-electron chi connectivity index (χ1n) is 8.36. The van der Waals surface area contributed by atoms with E-state index in [1.165, 1.54) is 30.5 Å². The Hall–Kier alpha value is -3.05. The Morgan fingerprint density at radius 1 is 1.38 bits per heavy atom. The van der Waals surface area contributed by atoms with Gasteiger partial charge in [-0.3, -0.25) is 4.57 Å². The smallest absolute Gasteiger partial charge is 0.345 e. The van der Waals surface area contributed by atoms with Gasteiger partial charge in [0.1, 0.15) is 11.3 Å². The molecular formula is C17H16ClF3N6O2. The monoisotopic (exact) mass is 428 g/mol. The van der Waals surface area contributed by atoms with E-state index in [1.807, 2.05) is 0 Å². The summed E-state index contributed by atoms with van der Waals surface area (Å²) in [6.07, 6.45) is 1.71. The molecule has 0 aliphatic carbocycles. The van der Waals surface area contributed by atoms with E-state index in [1.54, 1.807) is 4.57 Å². The van der Waals surface area contributed by atoms with Crippen LogP contribution in [0.4, 0.5) is 19.1 Å². The summed E-state index contributed by atoms with van der Waals surface area (Å²) in [5.41, 5.74) is 7.19. The Bertz CT molecular complexity index is 1040. The molecule has 3 rings (SSSR count). The average Bonchev–Trinajstić information content (AvgIpc) is 3.07. The second-order valence-corrected chi connectivity index (χ2v) is 6.20. The normalized spacial score (nSPS) is 12.1. The molecule has 0 amide bonds. The molecule has 0 atom stereocenters. The van der Waals surface area contributed by atoms with Crippen LogP contribution in [0, 0.1) is 5.82 Å². The highest BCUT2D eigenvalue weighted by molar-refractivity contribution is 6.30. The standard InChI is InChI=1S/C17H16ClF3N6O2/c18-11-8-9(2-3-12(11)19)27-13-10(14(22)26-28)4-6-23-15(13)25-17(27)24-5-1-7-29-16(20)21/h2-4,6,8,16,28H,1,5,7H2,(H2,22,26)(H,23,24,25). The summed E-state index contributed by atoms with van der Waals surface area (Å²) in [4.78, 5) is 8.55. The first-order valence-corrected chi connectivity index (χ1v) is 8.74. The highest BCUT2D eigenvalue weighted by atomic mass is 35.5. The van der Waals surface area contributed by atoms with Gasteiger partial charge in [0.2, 0.25) is 5.95 Å². The van der Waals surface area contributed by atoms with Gasteiger partial charge in [0.05, 0.1) is 17.3 Å². The lowest BCUT2D eigenvalue weighted by Crippen LogP contribution is -2.16. The molecule has 0 aliphatic heterocycles. The van der Waals surface area contributed by atoms with Crippen LogP contribution in [0.15, 0.2) is 35.6 Å². The molecule has 2 heterocycles. The lowest BCUT2D eigenvalue weighted by molar-refractivity contribution is -0.128. The fraction of sp³-hybridized carbons (Fsp3) is 0.235. The van der Waals surface area contributed by atoms with Crippen LogP contribution in [0.5, 0.6) is 0 Å². The maximum absolute atomic E-state index is 13.6. The number of oxime groups is 1. The summed E-state index contributed by atoms with van der Waals surface area (Å²) in [5.74, 6) is -0.498. The molecule has 3 aromatic rings. The molecule has 0 bridgehead atoms. The van der Waals surface area contributed by atoms with E-state index in [0.717, 1.165) is 0 Å². The molecule has 0 unspecified atom stereocenters. The Balaban J connectivity index is 2.06. The lowest BCUT2D eigenvalue weighted by Gasteiger charge is -2.13. The molecule has 0 radical (unpaired) electrons. The van der Waals surface area contributed by atoms with E-state index in [2.05, 4.69) is 25.2 Å². The second kappa shape index (κ2) is 8.97. The molecule has 0 fully saturated rings. The van der Waals surface area contributed by atoms with Crippen LogP contribution in [-0.2, 0) is 4.74 Å². The van der Waals surface area contributed by atoms with Crippen molar-refractivity contribution in [1.82, 2.24) is 14.5 Å². The van der Waals surface area contributed by atoms with Crippen molar-refractivity contribution in [3.63, 3.8) is 0 Å². The van der Waals surface area contributed by atoms with Crippen molar-refractivity contribution in [3.05, 3.63) is 46.9 Å². The van der Waals surface area contributed by atoms with E-state index < -0.39 is 12.4 Å². The van der Waals surface area contributed by atoms with Crippen LogP contribution in [0.2, 0.25) is 5.02 Å². The first kappa shape index (κ1) is 20.7. The minimum absolute atomic E-state index is 0.116. The topological polar surface area (TPSA) is 111 Å². The van der Waals surface area contributed by atoms with Gasteiger partial charge < -0.3 is 21.0 Å².